The topological polar surface area (TPSA) is 50.2 Å². The van der Waals surface area contributed by atoms with Gasteiger partial charge in [-0.25, -0.2) is 9.50 Å². The predicted molar refractivity (Wildman–Crippen MR) is 84.7 cm³/mol. The van der Waals surface area contributed by atoms with Gasteiger partial charge in [-0.3, -0.25) is 9.89 Å². The number of aromatic amines is 1. The molecule has 0 saturated heterocycles. The first-order valence-corrected chi connectivity index (χ1v) is 7.06. The summed E-state index contributed by atoms with van der Waals surface area (Å²) in [6.07, 6.45) is 0. The van der Waals surface area contributed by atoms with Crippen molar-refractivity contribution < 1.29 is 0 Å². The Labute approximate surface area is 123 Å². The third kappa shape index (κ3) is 2.27. The summed E-state index contributed by atoms with van der Waals surface area (Å²) < 4.78 is 1.53. The number of benzene rings is 1. The van der Waals surface area contributed by atoms with Crippen molar-refractivity contribution in [3.63, 3.8) is 0 Å². The van der Waals surface area contributed by atoms with E-state index in [0.29, 0.717) is 11.2 Å². The van der Waals surface area contributed by atoms with E-state index in [0.717, 1.165) is 17.0 Å². The molecule has 21 heavy (non-hydrogen) atoms. The molecule has 2 heterocycles. The first kappa shape index (κ1) is 13.6. The van der Waals surface area contributed by atoms with Crippen molar-refractivity contribution in [2.75, 3.05) is 0 Å². The Hall–Kier alpha value is -2.36. The van der Waals surface area contributed by atoms with Gasteiger partial charge >= 0.3 is 0 Å². The molecule has 2 aromatic heterocycles. The van der Waals surface area contributed by atoms with Crippen LogP contribution in [0.15, 0.2) is 41.2 Å². The van der Waals surface area contributed by atoms with Crippen LogP contribution in [0.2, 0.25) is 0 Å². The highest BCUT2D eigenvalue weighted by Gasteiger charge is 2.19. The van der Waals surface area contributed by atoms with Crippen LogP contribution in [0.3, 0.4) is 0 Å². The number of nitrogens with one attached hydrogen (secondary N) is 1. The Kier molecular flexibility index (Phi) is 2.97. The number of hydrogen-bond acceptors (Lipinski definition) is 2. The number of H-pyrrole nitrogens is 1. The van der Waals surface area contributed by atoms with E-state index in [2.05, 4.69) is 30.9 Å². The minimum Gasteiger partial charge on any atom is -0.293 e. The normalized spacial score (nSPS) is 12.0. The van der Waals surface area contributed by atoms with Gasteiger partial charge in [0.2, 0.25) is 0 Å². The molecule has 0 spiro atoms. The highest BCUT2D eigenvalue weighted by atomic mass is 16.1. The number of rotatable bonds is 1. The molecule has 1 N–H and O–H groups in total. The summed E-state index contributed by atoms with van der Waals surface area (Å²) in [5.74, 6) is 0. The molecule has 0 aliphatic rings. The lowest BCUT2D eigenvalue weighted by Gasteiger charge is -2.14. The molecule has 0 aliphatic heterocycles. The maximum Gasteiger partial charge on any atom is 0.276 e. The highest BCUT2D eigenvalue weighted by molar-refractivity contribution is 5.65. The lowest BCUT2D eigenvalue weighted by Crippen LogP contribution is -2.20. The summed E-state index contributed by atoms with van der Waals surface area (Å²) in [6.45, 7) is 8.14. The van der Waals surface area contributed by atoms with Gasteiger partial charge in [0.25, 0.3) is 5.56 Å². The summed E-state index contributed by atoms with van der Waals surface area (Å²) in [5.41, 5.74) is 3.93. The molecular weight excluding hydrogens is 262 g/mol. The van der Waals surface area contributed by atoms with Crippen LogP contribution in [0, 0.1) is 6.92 Å². The molecule has 0 bridgehead atoms. The molecule has 3 aromatic rings. The van der Waals surface area contributed by atoms with Gasteiger partial charge in [0.1, 0.15) is 0 Å². The van der Waals surface area contributed by atoms with Gasteiger partial charge < -0.3 is 0 Å². The van der Waals surface area contributed by atoms with Crippen molar-refractivity contribution >= 4 is 5.65 Å². The van der Waals surface area contributed by atoms with Crippen LogP contribution < -0.4 is 5.56 Å². The molecule has 4 heteroatoms. The molecule has 0 radical (unpaired) electrons. The zero-order valence-electron chi connectivity index (χ0n) is 12.8. The summed E-state index contributed by atoms with van der Waals surface area (Å²) in [4.78, 5) is 17.2. The fraction of sp³-hybridized carbons (Fsp3) is 0.294. The van der Waals surface area contributed by atoms with Crippen LogP contribution in [0.1, 0.15) is 32.0 Å². The van der Waals surface area contributed by atoms with Crippen molar-refractivity contribution in [2.45, 2.75) is 33.1 Å². The van der Waals surface area contributed by atoms with Crippen LogP contribution in [-0.4, -0.2) is 14.6 Å². The minimum absolute atomic E-state index is 0.0469. The number of fused-ring (bicyclic) bond motifs is 1. The van der Waals surface area contributed by atoms with E-state index >= 15 is 0 Å². The maximum absolute atomic E-state index is 12.6. The molecule has 3 rings (SSSR count). The molecule has 0 atom stereocenters. The Morgan fingerprint density at radius 3 is 2.43 bits per heavy atom. The molecule has 0 aliphatic carbocycles. The van der Waals surface area contributed by atoms with Crippen LogP contribution in [0.4, 0.5) is 0 Å². The minimum atomic E-state index is -0.0546. The quantitative estimate of drug-likeness (QED) is 0.744. The highest BCUT2D eigenvalue weighted by Crippen LogP contribution is 2.23. The molecule has 0 amide bonds. The molecule has 1 aromatic carbocycles. The number of nitrogens with zero attached hydrogens (tertiary/aromatic N) is 2. The van der Waals surface area contributed by atoms with Gasteiger partial charge in [-0.15, -0.1) is 0 Å². The average molecular weight is 281 g/mol. The Morgan fingerprint density at radius 2 is 1.81 bits per heavy atom. The summed E-state index contributed by atoms with van der Waals surface area (Å²) in [5, 5.41) is 3.16. The van der Waals surface area contributed by atoms with Gasteiger partial charge in [-0.1, -0.05) is 51.1 Å². The smallest absolute Gasteiger partial charge is 0.276 e. The SMILES string of the molecule is Cc1c(-c2ccccc2)nc2cc(C(C)(C)C)[nH]n2c1=O. The third-order valence-corrected chi connectivity index (χ3v) is 3.70. The van der Waals surface area contributed by atoms with E-state index in [1.807, 2.05) is 43.3 Å². The lowest BCUT2D eigenvalue weighted by molar-refractivity contribution is 0.561. The van der Waals surface area contributed by atoms with Crippen LogP contribution >= 0.6 is 0 Å². The van der Waals surface area contributed by atoms with Crippen LogP contribution in [-0.2, 0) is 5.41 Å². The Bertz CT molecular complexity index is 851. The monoisotopic (exact) mass is 281 g/mol. The van der Waals surface area contributed by atoms with E-state index in [9.17, 15) is 4.79 Å². The molecular formula is C17H19N3O. The van der Waals surface area contributed by atoms with Crippen molar-refractivity contribution in [3.8, 4) is 11.3 Å². The molecule has 0 saturated carbocycles. The van der Waals surface area contributed by atoms with Crippen molar-refractivity contribution in [2.24, 2.45) is 0 Å². The second-order valence-corrected chi connectivity index (χ2v) is 6.37. The summed E-state index contributed by atoms with van der Waals surface area (Å²) in [7, 11) is 0. The Balaban J connectivity index is 2.30. The van der Waals surface area contributed by atoms with Crippen LogP contribution in [0.5, 0.6) is 0 Å². The maximum atomic E-state index is 12.6. The van der Waals surface area contributed by atoms with E-state index in [1.54, 1.807) is 0 Å². The van der Waals surface area contributed by atoms with Crippen LogP contribution in [0.25, 0.3) is 16.9 Å². The zero-order valence-corrected chi connectivity index (χ0v) is 12.8. The largest absolute Gasteiger partial charge is 0.293 e. The molecule has 0 unspecified atom stereocenters. The zero-order chi connectivity index (χ0) is 15.2. The van der Waals surface area contributed by atoms with E-state index in [4.69, 9.17) is 0 Å². The molecule has 0 fully saturated rings. The van der Waals surface area contributed by atoms with Gasteiger partial charge in [0, 0.05) is 28.3 Å². The van der Waals surface area contributed by atoms with Gasteiger partial charge in [0.05, 0.1) is 5.69 Å². The summed E-state index contributed by atoms with van der Waals surface area (Å²) in [6, 6.07) is 11.8. The fourth-order valence-corrected chi connectivity index (χ4v) is 2.37. The van der Waals surface area contributed by atoms with E-state index in [1.165, 1.54) is 4.52 Å². The summed E-state index contributed by atoms with van der Waals surface area (Å²) >= 11 is 0. The fourth-order valence-electron chi connectivity index (χ4n) is 2.37. The molecule has 108 valence electrons. The first-order valence-electron chi connectivity index (χ1n) is 7.06. The Morgan fingerprint density at radius 1 is 1.14 bits per heavy atom. The van der Waals surface area contributed by atoms with Gasteiger partial charge in [0.15, 0.2) is 5.65 Å². The number of aromatic nitrogens is 3. The van der Waals surface area contributed by atoms with E-state index < -0.39 is 0 Å². The van der Waals surface area contributed by atoms with E-state index in [-0.39, 0.29) is 11.0 Å². The van der Waals surface area contributed by atoms with Gasteiger partial charge in [-0.05, 0) is 6.92 Å². The van der Waals surface area contributed by atoms with Crippen molar-refractivity contribution in [1.29, 1.82) is 0 Å². The predicted octanol–water partition coefficient (Wildman–Crippen LogP) is 3.30. The lowest BCUT2D eigenvalue weighted by atomic mass is 9.93. The van der Waals surface area contributed by atoms with Crippen molar-refractivity contribution in [3.05, 3.63) is 58.0 Å². The van der Waals surface area contributed by atoms with Crippen molar-refractivity contribution in [1.82, 2.24) is 14.6 Å². The second-order valence-electron chi connectivity index (χ2n) is 6.37. The first-order chi connectivity index (χ1) is 9.88. The molecule has 4 nitrogen and oxygen atoms in total. The number of hydrogen-bond donors (Lipinski definition) is 1. The standard InChI is InChI=1S/C17H19N3O/c1-11-15(12-8-6-5-7-9-12)18-14-10-13(17(2,3)4)19-20(14)16(11)21/h5-10,19H,1-4H3. The average Bonchev–Trinajstić information content (AvgIpc) is 2.88. The van der Waals surface area contributed by atoms with Gasteiger partial charge in [-0.2, -0.15) is 0 Å². The second kappa shape index (κ2) is 4.58. The third-order valence-electron chi connectivity index (χ3n) is 3.70.